The zero-order valence-corrected chi connectivity index (χ0v) is 17.9. The minimum atomic E-state index is -0.347. The Morgan fingerprint density at radius 3 is 2.62 bits per heavy atom. The summed E-state index contributed by atoms with van der Waals surface area (Å²) >= 11 is 6.48. The molecule has 0 aliphatic carbocycles. The van der Waals surface area contributed by atoms with Crippen molar-refractivity contribution >= 4 is 23.4 Å². The molecule has 1 fully saturated rings. The number of ether oxygens (including phenoxy) is 3. The van der Waals surface area contributed by atoms with Crippen LogP contribution in [0.5, 0.6) is 5.75 Å². The van der Waals surface area contributed by atoms with Gasteiger partial charge in [0.05, 0.1) is 48.5 Å². The molecule has 1 aliphatic heterocycles. The normalized spacial score (nSPS) is 18.5. The van der Waals surface area contributed by atoms with E-state index in [1.54, 1.807) is 13.2 Å². The topological polar surface area (TPSA) is 82.6 Å². The van der Waals surface area contributed by atoms with Crippen LogP contribution in [0.4, 0.5) is 5.82 Å². The Labute approximate surface area is 175 Å². The highest BCUT2D eigenvalue weighted by Crippen LogP contribution is 2.33. The van der Waals surface area contributed by atoms with Crippen molar-refractivity contribution < 1.29 is 19.0 Å². The molecular formula is C21H26ClN3O4. The summed E-state index contributed by atoms with van der Waals surface area (Å²) in [5, 5.41) is 3.94. The van der Waals surface area contributed by atoms with Gasteiger partial charge in [-0.3, -0.25) is 4.79 Å². The molecule has 156 valence electrons. The van der Waals surface area contributed by atoms with Crippen LogP contribution in [0.3, 0.4) is 0 Å². The van der Waals surface area contributed by atoms with E-state index in [1.165, 1.54) is 6.92 Å². The minimum Gasteiger partial charge on any atom is -0.497 e. The standard InChI is InChI=1S/C21H26ClN3O4/c1-5-16-20(14-8-7-13(27-4)9-15(14)22)23-17(6-2)21(24-16)25-18-10-28-11-19(18)29-12(3)26/h7-9,18-19H,5-6,10-11H2,1-4H3,(H,24,25)/t18-,19-/m0/s1. The van der Waals surface area contributed by atoms with Gasteiger partial charge in [-0.15, -0.1) is 0 Å². The molecule has 0 saturated carbocycles. The predicted octanol–water partition coefficient (Wildman–Crippen LogP) is 3.67. The summed E-state index contributed by atoms with van der Waals surface area (Å²) in [5.74, 6) is 1.05. The molecule has 1 aliphatic rings. The first-order valence-electron chi connectivity index (χ1n) is 9.71. The molecule has 1 aromatic carbocycles. The third-order valence-corrected chi connectivity index (χ3v) is 5.12. The number of halogens is 1. The highest BCUT2D eigenvalue weighted by Gasteiger charge is 2.32. The number of aryl methyl sites for hydroxylation is 2. The van der Waals surface area contributed by atoms with Crippen LogP contribution in [0, 0.1) is 0 Å². The molecule has 1 aromatic heterocycles. The van der Waals surface area contributed by atoms with E-state index < -0.39 is 0 Å². The third kappa shape index (κ3) is 4.79. The van der Waals surface area contributed by atoms with Crippen LogP contribution in [-0.4, -0.2) is 48.4 Å². The number of benzene rings is 1. The summed E-state index contributed by atoms with van der Waals surface area (Å²) in [5.41, 5.74) is 3.24. The number of hydrogen-bond donors (Lipinski definition) is 1. The second-order valence-electron chi connectivity index (χ2n) is 6.80. The number of anilines is 1. The van der Waals surface area contributed by atoms with Crippen LogP contribution < -0.4 is 10.1 Å². The van der Waals surface area contributed by atoms with Crippen LogP contribution >= 0.6 is 11.6 Å². The Kier molecular flexibility index (Phi) is 6.92. The molecule has 29 heavy (non-hydrogen) atoms. The van der Waals surface area contributed by atoms with E-state index in [-0.39, 0.29) is 18.1 Å². The second kappa shape index (κ2) is 9.41. The van der Waals surface area contributed by atoms with Gasteiger partial charge in [-0.25, -0.2) is 9.97 Å². The van der Waals surface area contributed by atoms with E-state index in [1.807, 2.05) is 26.0 Å². The van der Waals surface area contributed by atoms with Gasteiger partial charge in [-0.05, 0) is 31.0 Å². The Morgan fingerprint density at radius 1 is 1.24 bits per heavy atom. The van der Waals surface area contributed by atoms with E-state index in [2.05, 4.69) is 5.32 Å². The Morgan fingerprint density at radius 2 is 2.00 bits per heavy atom. The second-order valence-corrected chi connectivity index (χ2v) is 7.21. The number of hydrogen-bond acceptors (Lipinski definition) is 7. The SMILES string of the molecule is CCc1nc(-c2ccc(OC)cc2Cl)c(CC)nc1N[C@H]1COC[C@@H]1OC(C)=O. The first-order chi connectivity index (χ1) is 14.0. The number of esters is 1. The molecule has 1 saturated heterocycles. The molecule has 2 aromatic rings. The first kappa shape index (κ1) is 21.3. The van der Waals surface area contributed by atoms with Gasteiger partial charge in [0.1, 0.15) is 17.7 Å². The van der Waals surface area contributed by atoms with Gasteiger partial charge in [0.25, 0.3) is 0 Å². The average Bonchev–Trinajstić information content (AvgIpc) is 3.13. The summed E-state index contributed by atoms with van der Waals surface area (Å²) in [4.78, 5) is 21.1. The van der Waals surface area contributed by atoms with Crippen LogP contribution in [0.15, 0.2) is 18.2 Å². The summed E-state index contributed by atoms with van der Waals surface area (Å²) in [6.07, 6.45) is 1.03. The zero-order valence-electron chi connectivity index (χ0n) is 17.1. The molecule has 0 amide bonds. The monoisotopic (exact) mass is 419 g/mol. The number of rotatable bonds is 7. The zero-order chi connectivity index (χ0) is 21.0. The van der Waals surface area contributed by atoms with Gasteiger partial charge in [-0.1, -0.05) is 25.4 Å². The van der Waals surface area contributed by atoms with Gasteiger partial charge in [0, 0.05) is 12.5 Å². The summed E-state index contributed by atoms with van der Waals surface area (Å²) < 4.78 is 16.1. The Bertz CT molecular complexity index is 890. The number of methoxy groups -OCH3 is 1. The van der Waals surface area contributed by atoms with Gasteiger partial charge < -0.3 is 19.5 Å². The van der Waals surface area contributed by atoms with Crippen molar-refractivity contribution in [2.75, 3.05) is 25.6 Å². The molecule has 0 unspecified atom stereocenters. The van der Waals surface area contributed by atoms with Crippen molar-refractivity contribution in [3.05, 3.63) is 34.6 Å². The van der Waals surface area contributed by atoms with E-state index in [4.69, 9.17) is 35.8 Å². The van der Waals surface area contributed by atoms with Crippen molar-refractivity contribution in [3.63, 3.8) is 0 Å². The number of aromatic nitrogens is 2. The van der Waals surface area contributed by atoms with Crippen molar-refractivity contribution in [1.29, 1.82) is 0 Å². The fourth-order valence-electron chi connectivity index (χ4n) is 3.32. The average molecular weight is 420 g/mol. The highest BCUT2D eigenvalue weighted by atomic mass is 35.5. The van der Waals surface area contributed by atoms with Crippen LogP contribution in [0.2, 0.25) is 5.02 Å². The minimum absolute atomic E-state index is 0.168. The van der Waals surface area contributed by atoms with Crippen molar-refractivity contribution in [2.24, 2.45) is 0 Å². The van der Waals surface area contributed by atoms with Crippen LogP contribution in [0.1, 0.15) is 32.2 Å². The van der Waals surface area contributed by atoms with Gasteiger partial charge in [-0.2, -0.15) is 0 Å². The molecule has 8 heteroatoms. The Hall–Kier alpha value is -2.38. The molecule has 0 spiro atoms. The quantitative estimate of drug-likeness (QED) is 0.685. The van der Waals surface area contributed by atoms with Crippen molar-refractivity contribution in [1.82, 2.24) is 9.97 Å². The molecule has 0 radical (unpaired) electrons. The fourth-order valence-corrected chi connectivity index (χ4v) is 3.58. The largest absolute Gasteiger partial charge is 0.497 e. The van der Waals surface area contributed by atoms with E-state index in [9.17, 15) is 4.79 Å². The maximum absolute atomic E-state index is 11.3. The maximum Gasteiger partial charge on any atom is 0.303 e. The molecule has 3 rings (SSSR count). The fraction of sp³-hybridized carbons (Fsp3) is 0.476. The molecule has 2 atom stereocenters. The van der Waals surface area contributed by atoms with Gasteiger partial charge >= 0.3 is 5.97 Å². The van der Waals surface area contributed by atoms with Crippen LogP contribution in [0.25, 0.3) is 11.3 Å². The molecule has 1 N–H and O–H groups in total. The van der Waals surface area contributed by atoms with E-state index in [0.717, 1.165) is 22.6 Å². The smallest absolute Gasteiger partial charge is 0.303 e. The lowest BCUT2D eigenvalue weighted by Gasteiger charge is -2.22. The van der Waals surface area contributed by atoms with E-state index >= 15 is 0 Å². The summed E-state index contributed by atoms with van der Waals surface area (Å²) in [6.45, 7) is 6.26. The number of nitrogens with one attached hydrogen (secondary N) is 1. The first-order valence-corrected chi connectivity index (χ1v) is 10.1. The van der Waals surface area contributed by atoms with E-state index in [0.29, 0.717) is 42.6 Å². The lowest BCUT2D eigenvalue weighted by Crippen LogP contribution is -2.36. The van der Waals surface area contributed by atoms with Crippen molar-refractivity contribution in [3.8, 4) is 17.0 Å². The van der Waals surface area contributed by atoms with Crippen LogP contribution in [-0.2, 0) is 27.1 Å². The molecule has 2 heterocycles. The van der Waals surface area contributed by atoms with Gasteiger partial charge in [0.2, 0.25) is 0 Å². The summed E-state index contributed by atoms with van der Waals surface area (Å²) in [7, 11) is 1.61. The number of nitrogens with zero attached hydrogens (tertiary/aromatic N) is 2. The Balaban J connectivity index is 1.95. The number of carbonyl (C=O) groups excluding carboxylic acids is 1. The molecule has 7 nitrogen and oxygen atoms in total. The highest BCUT2D eigenvalue weighted by molar-refractivity contribution is 6.33. The lowest BCUT2D eigenvalue weighted by molar-refractivity contribution is -0.146. The van der Waals surface area contributed by atoms with Crippen molar-refractivity contribution in [2.45, 2.75) is 45.8 Å². The summed E-state index contributed by atoms with van der Waals surface area (Å²) in [6, 6.07) is 5.37. The lowest BCUT2D eigenvalue weighted by atomic mass is 10.1. The molecular weight excluding hydrogens is 394 g/mol. The molecule has 0 bridgehead atoms. The van der Waals surface area contributed by atoms with Gasteiger partial charge in [0.15, 0.2) is 0 Å². The third-order valence-electron chi connectivity index (χ3n) is 4.81. The number of carbonyl (C=O) groups is 1. The maximum atomic E-state index is 11.3. The predicted molar refractivity (Wildman–Crippen MR) is 112 cm³/mol.